The van der Waals surface area contributed by atoms with Crippen LogP contribution in [0.1, 0.15) is 74.6 Å². The Labute approximate surface area is 174 Å². The van der Waals surface area contributed by atoms with Gasteiger partial charge in [0.2, 0.25) is 10.0 Å². The minimum atomic E-state index is -3.56. The van der Waals surface area contributed by atoms with Gasteiger partial charge in [-0.25, -0.2) is 8.42 Å². The lowest BCUT2D eigenvalue weighted by Gasteiger charge is -2.28. The van der Waals surface area contributed by atoms with Crippen molar-refractivity contribution in [2.45, 2.75) is 75.1 Å². The first-order chi connectivity index (χ1) is 14.1. The number of rotatable bonds is 5. The highest BCUT2D eigenvalue weighted by Crippen LogP contribution is 2.30. The van der Waals surface area contributed by atoms with Gasteiger partial charge >= 0.3 is 0 Å². The summed E-state index contributed by atoms with van der Waals surface area (Å²) in [4.78, 5) is 15.7. The molecule has 0 spiro atoms. The molecule has 1 saturated carbocycles. The van der Waals surface area contributed by atoms with Crippen LogP contribution in [-0.2, 0) is 10.0 Å². The fourth-order valence-electron chi connectivity index (χ4n) is 4.86. The van der Waals surface area contributed by atoms with E-state index >= 15 is 0 Å². The highest BCUT2D eigenvalue weighted by atomic mass is 32.2. The first-order valence-corrected chi connectivity index (χ1v) is 12.7. The van der Waals surface area contributed by atoms with Crippen LogP contribution in [-0.4, -0.2) is 50.9 Å². The van der Waals surface area contributed by atoms with Gasteiger partial charge in [-0.05, 0) is 56.7 Å². The molecule has 1 N–H and O–H groups in total. The second kappa shape index (κ2) is 9.04. The molecule has 1 aliphatic carbocycles. The smallest absolute Gasteiger partial charge is 0.253 e. The summed E-state index contributed by atoms with van der Waals surface area (Å²) in [6, 6.07) is 5.35. The molecule has 2 aliphatic heterocycles. The summed E-state index contributed by atoms with van der Waals surface area (Å²) in [5, 5.41) is 3.18. The average Bonchev–Trinajstić information content (AvgIpc) is 3.29. The van der Waals surface area contributed by atoms with Crippen molar-refractivity contribution in [3.8, 4) is 0 Å². The van der Waals surface area contributed by atoms with Gasteiger partial charge in [0, 0.05) is 37.9 Å². The molecule has 7 heteroatoms. The first-order valence-electron chi connectivity index (χ1n) is 11.3. The molecule has 1 amide bonds. The lowest BCUT2D eigenvalue weighted by molar-refractivity contribution is 0.0928. The van der Waals surface area contributed by atoms with Gasteiger partial charge in [-0.3, -0.25) is 4.79 Å². The summed E-state index contributed by atoms with van der Waals surface area (Å²) in [6.45, 7) is 2.98. The number of nitrogens with zero attached hydrogens (tertiary/aromatic N) is 2. The van der Waals surface area contributed by atoms with E-state index in [0.29, 0.717) is 18.7 Å². The predicted molar refractivity (Wildman–Crippen MR) is 115 cm³/mol. The Hall–Kier alpha value is -1.60. The summed E-state index contributed by atoms with van der Waals surface area (Å²) in [7, 11) is -3.56. The molecule has 3 aliphatic rings. The lowest BCUT2D eigenvalue weighted by atomic mass is 9.95. The Morgan fingerprint density at radius 3 is 2.17 bits per heavy atom. The molecule has 1 aromatic carbocycles. The highest BCUT2D eigenvalue weighted by molar-refractivity contribution is 7.89. The predicted octanol–water partition coefficient (Wildman–Crippen LogP) is 3.52. The van der Waals surface area contributed by atoms with Gasteiger partial charge < -0.3 is 10.2 Å². The van der Waals surface area contributed by atoms with Crippen LogP contribution in [0.4, 0.5) is 5.69 Å². The molecule has 2 saturated heterocycles. The Morgan fingerprint density at radius 2 is 1.48 bits per heavy atom. The number of carbonyl (C=O) groups is 1. The summed E-state index contributed by atoms with van der Waals surface area (Å²) in [5.41, 5.74) is 1.38. The molecule has 3 fully saturated rings. The SMILES string of the molecule is O=C(NC1CCCCC1)c1cc(S(=O)(=O)N2CCCCC2)ccc1N1CCCC1. The highest BCUT2D eigenvalue weighted by Gasteiger charge is 2.29. The van der Waals surface area contributed by atoms with Crippen molar-refractivity contribution < 1.29 is 13.2 Å². The molecule has 0 atom stereocenters. The number of nitrogens with one attached hydrogen (secondary N) is 1. The minimum absolute atomic E-state index is 0.130. The molecule has 6 nitrogen and oxygen atoms in total. The maximum Gasteiger partial charge on any atom is 0.253 e. The fourth-order valence-corrected chi connectivity index (χ4v) is 6.40. The Bertz CT molecular complexity index is 822. The molecule has 0 unspecified atom stereocenters. The lowest BCUT2D eigenvalue weighted by Crippen LogP contribution is -2.38. The van der Waals surface area contributed by atoms with Crippen LogP contribution < -0.4 is 10.2 Å². The summed E-state index contributed by atoms with van der Waals surface area (Å²) in [6.07, 6.45) is 10.6. The number of sulfonamides is 1. The Balaban J connectivity index is 1.64. The van der Waals surface area contributed by atoms with Crippen molar-refractivity contribution in [1.29, 1.82) is 0 Å². The van der Waals surface area contributed by atoms with Crippen LogP contribution in [0.5, 0.6) is 0 Å². The molecule has 160 valence electrons. The van der Waals surface area contributed by atoms with Crippen molar-refractivity contribution in [3.05, 3.63) is 23.8 Å². The van der Waals surface area contributed by atoms with Gasteiger partial charge in [0.15, 0.2) is 0 Å². The summed E-state index contributed by atoms with van der Waals surface area (Å²) in [5.74, 6) is -0.130. The number of hydrogen-bond acceptors (Lipinski definition) is 4. The third-order valence-electron chi connectivity index (χ3n) is 6.55. The number of amides is 1. The normalized spacial score (nSPS) is 22.0. The van der Waals surface area contributed by atoms with Crippen LogP contribution >= 0.6 is 0 Å². The molecule has 0 radical (unpaired) electrons. The molecule has 2 heterocycles. The maximum atomic E-state index is 13.2. The van der Waals surface area contributed by atoms with Gasteiger partial charge in [0.25, 0.3) is 5.91 Å². The van der Waals surface area contributed by atoms with Crippen LogP contribution in [0.3, 0.4) is 0 Å². The molecular weight excluding hydrogens is 386 g/mol. The number of anilines is 1. The van der Waals surface area contributed by atoms with Crippen molar-refractivity contribution in [1.82, 2.24) is 9.62 Å². The van der Waals surface area contributed by atoms with Crippen molar-refractivity contribution in [3.63, 3.8) is 0 Å². The van der Waals surface area contributed by atoms with Gasteiger partial charge in [-0.2, -0.15) is 4.31 Å². The monoisotopic (exact) mass is 419 g/mol. The Morgan fingerprint density at radius 1 is 0.862 bits per heavy atom. The average molecular weight is 420 g/mol. The van der Waals surface area contributed by atoms with Crippen LogP contribution in [0.25, 0.3) is 0 Å². The van der Waals surface area contributed by atoms with Crippen molar-refractivity contribution in [2.24, 2.45) is 0 Å². The number of benzene rings is 1. The van der Waals surface area contributed by atoms with E-state index < -0.39 is 10.0 Å². The van der Waals surface area contributed by atoms with E-state index in [0.717, 1.165) is 76.6 Å². The van der Waals surface area contributed by atoms with Crippen LogP contribution in [0, 0.1) is 0 Å². The van der Waals surface area contributed by atoms with Gasteiger partial charge in [-0.1, -0.05) is 25.7 Å². The zero-order valence-corrected chi connectivity index (χ0v) is 18.1. The molecule has 1 aromatic rings. The summed E-state index contributed by atoms with van der Waals surface area (Å²) < 4.78 is 27.9. The quantitative estimate of drug-likeness (QED) is 0.793. The van der Waals surface area contributed by atoms with E-state index in [4.69, 9.17) is 0 Å². The van der Waals surface area contributed by atoms with E-state index in [-0.39, 0.29) is 16.8 Å². The summed E-state index contributed by atoms with van der Waals surface area (Å²) >= 11 is 0. The fraction of sp³-hybridized carbons (Fsp3) is 0.682. The molecular formula is C22H33N3O3S. The van der Waals surface area contributed by atoms with Gasteiger partial charge in [0.1, 0.15) is 0 Å². The third-order valence-corrected chi connectivity index (χ3v) is 8.45. The molecule has 4 rings (SSSR count). The number of carbonyl (C=O) groups excluding carboxylic acids is 1. The Kier molecular flexibility index (Phi) is 6.44. The van der Waals surface area contributed by atoms with E-state index in [9.17, 15) is 13.2 Å². The number of piperidine rings is 1. The standard InChI is InChI=1S/C22H33N3O3S/c26-22(23-18-9-3-1-4-10-18)20-17-19(11-12-21(20)24-13-7-8-14-24)29(27,28)25-15-5-2-6-16-25/h11-12,17-18H,1-10,13-16H2,(H,23,26). The van der Waals surface area contributed by atoms with Crippen molar-refractivity contribution >= 4 is 21.6 Å². The maximum absolute atomic E-state index is 13.2. The topological polar surface area (TPSA) is 69.7 Å². The molecule has 0 bridgehead atoms. The second-order valence-electron chi connectivity index (χ2n) is 8.65. The van der Waals surface area contributed by atoms with Crippen LogP contribution in [0.15, 0.2) is 23.1 Å². The molecule has 0 aromatic heterocycles. The largest absolute Gasteiger partial charge is 0.371 e. The third kappa shape index (κ3) is 4.61. The number of hydrogen-bond donors (Lipinski definition) is 1. The van der Waals surface area contributed by atoms with E-state index in [1.165, 1.54) is 6.42 Å². The minimum Gasteiger partial charge on any atom is -0.371 e. The zero-order chi connectivity index (χ0) is 20.3. The van der Waals surface area contributed by atoms with E-state index in [1.54, 1.807) is 16.4 Å². The van der Waals surface area contributed by atoms with E-state index in [1.807, 2.05) is 6.07 Å². The van der Waals surface area contributed by atoms with Gasteiger partial charge in [-0.15, -0.1) is 0 Å². The molecule has 29 heavy (non-hydrogen) atoms. The first kappa shape index (κ1) is 20.7. The van der Waals surface area contributed by atoms with Crippen LogP contribution in [0.2, 0.25) is 0 Å². The zero-order valence-electron chi connectivity index (χ0n) is 17.2. The van der Waals surface area contributed by atoms with E-state index in [2.05, 4.69) is 10.2 Å². The second-order valence-corrected chi connectivity index (χ2v) is 10.6. The van der Waals surface area contributed by atoms with Crippen molar-refractivity contribution in [2.75, 3.05) is 31.1 Å². The van der Waals surface area contributed by atoms with Gasteiger partial charge in [0.05, 0.1) is 10.5 Å².